The van der Waals surface area contributed by atoms with Gasteiger partial charge in [0.25, 0.3) is 0 Å². The molecule has 1 unspecified atom stereocenters. The van der Waals surface area contributed by atoms with Crippen molar-refractivity contribution < 1.29 is 19.0 Å². The molecule has 1 heterocycles. The van der Waals surface area contributed by atoms with Crippen LogP contribution >= 0.6 is 0 Å². The molecule has 0 spiro atoms. The summed E-state index contributed by atoms with van der Waals surface area (Å²) in [6.45, 7) is 1.95. The molecule has 0 saturated carbocycles. The molecule has 1 aromatic rings. The second-order valence-corrected chi connectivity index (χ2v) is 2.93. The Bertz CT molecular complexity index is 326. The van der Waals surface area contributed by atoms with E-state index in [4.69, 9.17) is 0 Å². The van der Waals surface area contributed by atoms with Crippen LogP contribution in [0.2, 0.25) is 0 Å². The van der Waals surface area contributed by atoms with Gasteiger partial charge in [-0.25, -0.2) is 4.39 Å². The van der Waals surface area contributed by atoms with Gasteiger partial charge < -0.3 is 9.84 Å². The largest absolute Gasteiger partial charge is 0.466 e. The summed E-state index contributed by atoms with van der Waals surface area (Å²) in [5.74, 6) is -0.988. The second kappa shape index (κ2) is 5.41. The van der Waals surface area contributed by atoms with Crippen LogP contribution in [-0.2, 0) is 9.53 Å². The van der Waals surface area contributed by atoms with Crippen LogP contribution in [0.15, 0.2) is 18.3 Å². The van der Waals surface area contributed by atoms with Gasteiger partial charge >= 0.3 is 5.97 Å². The number of aromatic nitrogens is 1. The Morgan fingerprint density at radius 1 is 1.67 bits per heavy atom. The van der Waals surface area contributed by atoms with E-state index in [9.17, 15) is 14.3 Å². The highest BCUT2D eigenvalue weighted by molar-refractivity contribution is 5.70. The summed E-state index contributed by atoms with van der Waals surface area (Å²) in [5, 5.41) is 9.52. The maximum absolute atomic E-state index is 12.5. The molecular formula is C10H12FNO3. The molecule has 0 aliphatic rings. The molecule has 0 amide bonds. The van der Waals surface area contributed by atoms with Gasteiger partial charge in [-0.05, 0) is 19.1 Å². The fraction of sp³-hybridized carbons (Fsp3) is 0.400. The number of carbonyl (C=O) groups excluding carboxylic acids is 1. The molecule has 0 radical (unpaired) electrons. The van der Waals surface area contributed by atoms with Gasteiger partial charge in [0.2, 0.25) is 0 Å². The number of esters is 1. The first-order valence-electron chi connectivity index (χ1n) is 4.58. The summed E-state index contributed by atoms with van der Waals surface area (Å²) in [6.07, 6.45) is -0.236. The van der Waals surface area contributed by atoms with Gasteiger partial charge in [-0.2, -0.15) is 0 Å². The molecule has 4 nitrogen and oxygen atoms in total. The van der Waals surface area contributed by atoms with Crippen molar-refractivity contribution in [3.8, 4) is 0 Å². The van der Waals surface area contributed by atoms with Crippen molar-refractivity contribution in [2.75, 3.05) is 6.61 Å². The van der Waals surface area contributed by atoms with Crippen LogP contribution in [0.25, 0.3) is 0 Å². The number of carbonyl (C=O) groups is 1. The zero-order valence-electron chi connectivity index (χ0n) is 8.31. The van der Waals surface area contributed by atoms with Crippen molar-refractivity contribution in [3.63, 3.8) is 0 Å². The van der Waals surface area contributed by atoms with Crippen LogP contribution in [0.5, 0.6) is 0 Å². The fourth-order valence-electron chi connectivity index (χ4n) is 1.07. The molecule has 0 bridgehead atoms. The van der Waals surface area contributed by atoms with E-state index in [1.54, 1.807) is 6.92 Å². The zero-order chi connectivity index (χ0) is 11.3. The maximum Gasteiger partial charge on any atom is 0.308 e. The number of hydrogen-bond donors (Lipinski definition) is 1. The van der Waals surface area contributed by atoms with Crippen molar-refractivity contribution >= 4 is 5.97 Å². The van der Waals surface area contributed by atoms with E-state index >= 15 is 0 Å². The molecule has 1 N–H and O–H groups in total. The van der Waals surface area contributed by atoms with Gasteiger partial charge in [-0.15, -0.1) is 0 Å². The van der Waals surface area contributed by atoms with E-state index < -0.39 is 17.9 Å². The number of ether oxygens (including phenoxy) is 1. The second-order valence-electron chi connectivity index (χ2n) is 2.93. The van der Waals surface area contributed by atoms with Crippen molar-refractivity contribution in [1.82, 2.24) is 4.98 Å². The average molecular weight is 213 g/mol. The Labute approximate surface area is 86.7 Å². The Hall–Kier alpha value is -1.49. The number of rotatable bonds is 4. The predicted octanol–water partition coefficient (Wildman–Crippen LogP) is 1.21. The van der Waals surface area contributed by atoms with E-state index in [1.165, 1.54) is 12.1 Å². The van der Waals surface area contributed by atoms with Crippen molar-refractivity contribution in [2.24, 2.45) is 0 Å². The lowest BCUT2D eigenvalue weighted by Gasteiger charge is -2.08. The first-order valence-corrected chi connectivity index (χ1v) is 4.58. The van der Waals surface area contributed by atoms with Gasteiger partial charge in [-0.3, -0.25) is 9.78 Å². The number of aliphatic hydroxyl groups excluding tert-OH is 1. The number of aliphatic hydroxyl groups is 1. The molecule has 1 aromatic heterocycles. The first-order chi connectivity index (χ1) is 7.13. The molecule has 0 aromatic carbocycles. The molecule has 0 aliphatic heterocycles. The Kier molecular flexibility index (Phi) is 4.17. The molecule has 0 saturated heterocycles. The zero-order valence-corrected chi connectivity index (χ0v) is 8.31. The normalized spacial score (nSPS) is 12.2. The molecule has 1 atom stereocenters. The lowest BCUT2D eigenvalue weighted by Crippen LogP contribution is -2.11. The quantitative estimate of drug-likeness (QED) is 0.763. The third kappa shape index (κ3) is 3.63. The third-order valence-electron chi connectivity index (χ3n) is 1.76. The summed E-state index contributed by atoms with van der Waals surface area (Å²) in [4.78, 5) is 14.7. The summed E-state index contributed by atoms with van der Waals surface area (Å²) < 4.78 is 17.2. The van der Waals surface area contributed by atoms with E-state index in [0.29, 0.717) is 0 Å². The Morgan fingerprint density at radius 2 is 2.40 bits per heavy atom. The standard InChI is InChI=1S/C10H12FNO3/c1-2-15-10(14)5-9(13)8-4-3-7(11)6-12-8/h3-4,6,9,13H,2,5H2,1H3. The minimum absolute atomic E-state index is 0.174. The Morgan fingerprint density at radius 3 is 2.93 bits per heavy atom. The van der Waals surface area contributed by atoms with Gasteiger partial charge in [0.1, 0.15) is 11.9 Å². The highest BCUT2D eigenvalue weighted by Crippen LogP contribution is 2.14. The lowest BCUT2D eigenvalue weighted by atomic mass is 10.2. The molecule has 0 aliphatic carbocycles. The van der Waals surface area contributed by atoms with Crippen LogP contribution in [0.3, 0.4) is 0 Å². The first kappa shape index (κ1) is 11.6. The van der Waals surface area contributed by atoms with E-state index in [1.807, 2.05) is 0 Å². The molecule has 1 rings (SSSR count). The summed E-state index contributed by atoms with van der Waals surface area (Å²) in [7, 11) is 0. The monoisotopic (exact) mass is 213 g/mol. The van der Waals surface area contributed by atoms with E-state index in [0.717, 1.165) is 6.20 Å². The topological polar surface area (TPSA) is 59.4 Å². The number of hydrogen-bond acceptors (Lipinski definition) is 4. The number of pyridine rings is 1. The third-order valence-corrected chi connectivity index (χ3v) is 1.76. The van der Waals surface area contributed by atoms with Crippen LogP contribution in [-0.4, -0.2) is 22.7 Å². The number of halogens is 1. The van der Waals surface area contributed by atoms with Crippen LogP contribution in [0.1, 0.15) is 25.1 Å². The molecular weight excluding hydrogens is 201 g/mol. The summed E-state index contributed by atoms with van der Waals surface area (Å²) in [5.41, 5.74) is 0.254. The minimum Gasteiger partial charge on any atom is -0.466 e. The van der Waals surface area contributed by atoms with Crippen molar-refractivity contribution in [3.05, 3.63) is 29.8 Å². The average Bonchev–Trinajstić information content (AvgIpc) is 2.18. The summed E-state index contributed by atoms with van der Waals surface area (Å²) in [6, 6.07) is 2.51. The molecule has 15 heavy (non-hydrogen) atoms. The minimum atomic E-state index is -1.05. The van der Waals surface area contributed by atoms with E-state index in [-0.39, 0.29) is 18.7 Å². The Balaban J connectivity index is 2.57. The van der Waals surface area contributed by atoms with Crippen LogP contribution < -0.4 is 0 Å². The van der Waals surface area contributed by atoms with Gasteiger partial charge in [0.05, 0.1) is 24.9 Å². The molecule has 0 fully saturated rings. The van der Waals surface area contributed by atoms with Crippen LogP contribution in [0.4, 0.5) is 4.39 Å². The van der Waals surface area contributed by atoms with Crippen LogP contribution in [0, 0.1) is 5.82 Å². The van der Waals surface area contributed by atoms with Crippen molar-refractivity contribution in [1.29, 1.82) is 0 Å². The van der Waals surface area contributed by atoms with Crippen molar-refractivity contribution in [2.45, 2.75) is 19.4 Å². The summed E-state index contributed by atoms with van der Waals surface area (Å²) >= 11 is 0. The highest BCUT2D eigenvalue weighted by atomic mass is 19.1. The van der Waals surface area contributed by atoms with Gasteiger partial charge in [0, 0.05) is 0 Å². The van der Waals surface area contributed by atoms with Gasteiger partial charge in [0.15, 0.2) is 0 Å². The lowest BCUT2D eigenvalue weighted by molar-refractivity contribution is -0.145. The smallest absolute Gasteiger partial charge is 0.308 e. The highest BCUT2D eigenvalue weighted by Gasteiger charge is 2.14. The van der Waals surface area contributed by atoms with Gasteiger partial charge in [-0.1, -0.05) is 0 Å². The fourth-order valence-corrected chi connectivity index (χ4v) is 1.07. The molecule has 82 valence electrons. The van der Waals surface area contributed by atoms with E-state index in [2.05, 4.69) is 9.72 Å². The molecule has 5 heteroatoms. The predicted molar refractivity (Wildman–Crippen MR) is 50.4 cm³/mol. The SMILES string of the molecule is CCOC(=O)CC(O)c1ccc(F)cn1. The number of nitrogens with zero attached hydrogens (tertiary/aromatic N) is 1. The maximum atomic E-state index is 12.5.